The molecule has 0 aliphatic carbocycles. The molecule has 2 aromatic rings. The summed E-state index contributed by atoms with van der Waals surface area (Å²) in [5, 5.41) is 0.0867. The van der Waals surface area contributed by atoms with Crippen molar-refractivity contribution in [1.29, 1.82) is 0 Å². The number of aromatic nitrogens is 1. The highest BCUT2D eigenvalue weighted by Crippen LogP contribution is 2.29. The number of pyridine rings is 1. The van der Waals surface area contributed by atoms with Gasteiger partial charge in [-0.25, -0.2) is 13.4 Å². The molecule has 20 heavy (non-hydrogen) atoms. The first-order chi connectivity index (χ1) is 9.44. The van der Waals surface area contributed by atoms with Crippen LogP contribution in [0.3, 0.4) is 0 Å². The third-order valence-corrected chi connectivity index (χ3v) is 4.72. The summed E-state index contributed by atoms with van der Waals surface area (Å²) in [5.41, 5.74) is 0.223. The van der Waals surface area contributed by atoms with E-state index in [1.165, 1.54) is 31.5 Å². The topological polar surface area (TPSA) is 68.3 Å². The van der Waals surface area contributed by atoms with Crippen molar-refractivity contribution in [3.63, 3.8) is 0 Å². The van der Waals surface area contributed by atoms with E-state index in [0.717, 1.165) is 0 Å². The minimum absolute atomic E-state index is 0.0867. The van der Waals surface area contributed by atoms with Gasteiger partial charge in [-0.1, -0.05) is 11.6 Å². The molecule has 1 heterocycles. The molecule has 0 amide bonds. The second kappa shape index (κ2) is 5.99. The van der Waals surface area contributed by atoms with Gasteiger partial charge in [-0.3, -0.25) is 4.72 Å². The first-order valence-corrected chi connectivity index (χ1v) is 8.06. The Kier molecular flexibility index (Phi) is 4.52. The summed E-state index contributed by atoms with van der Waals surface area (Å²) in [7, 11) is -2.24. The predicted molar refractivity (Wildman–Crippen MR) is 80.7 cm³/mol. The van der Waals surface area contributed by atoms with Crippen molar-refractivity contribution in [2.45, 2.75) is 4.90 Å². The zero-order valence-electron chi connectivity index (χ0n) is 10.3. The van der Waals surface area contributed by atoms with Crippen LogP contribution in [0.1, 0.15) is 0 Å². The second-order valence-electron chi connectivity index (χ2n) is 3.74. The van der Waals surface area contributed by atoms with E-state index < -0.39 is 10.0 Å². The molecule has 1 aromatic heterocycles. The molecule has 0 atom stereocenters. The van der Waals surface area contributed by atoms with Crippen molar-refractivity contribution in [2.24, 2.45) is 0 Å². The van der Waals surface area contributed by atoms with Crippen LogP contribution in [-0.2, 0) is 10.0 Å². The van der Waals surface area contributed by atoms with Gasteiger partial charge >= 0.3 is 0 Å². The summed E-state index contributed by atoms with van der Waals surface area (Å²) in [5.74, 6) is 0.545. The maximum absolute atomic E-state index is 12.2. The lowest BCUT2D eigenvalue weighted by Gasteiger charge is -2.10. The van der Waals surface area contributed by atoms with Gasteiger partial charge in [0.1, 0.15) is 5.75 Å². The lowest BCUT2D eigenvalue weighted by molar-refractivity contribution is 0.411. The number of sulfonamides is 1. The third kappa shape index (κ3) is 3.23. The summed E-state index contributed by atoms with van der Waals surface area (Å²) < 4.78 is 32.5. The Labute approximate surface area is 130 Å². The molecule has 0 saturated carbocycles. The number of benzene rings is 1. The van der Waals surface area contributed by atoms with Crippen molar-refractivity contribution >= 4 is 43.2 Å². The Morgan fingerprint density at radius 3 is 2.70 bits per heavy atom. The number of hydrogen-bond donors (Lipinski definition) is 1. The Hall–Kier alpha value is -1.31. The molecule has 0 spiro atoms. The summed E-state index contributed by atoms with van der Waals surface area (Å²) in [6, 6.07) is 7.57. The number of methoxy groups -OCH3 is 1. The molecule has 0 fully saturated rings. The fourth-order valence-electron chi connectivity index (χ4n) is 1.48. The van der Waals surface area contributed by atoms with E-state index in [0.29, 0.717) is 10.2 Å². The smallest absolute Gasteiger partial charge is 0.262 e. The van der Waals surface area contributed by atoms with Crippen LogP contribution >= 0.6 is 27.5 Å². The molecule has 0 aliphatic rings. The van der Waals surface area contributed by atoms with Crippen LogP contribution in [0, 0.1) is 0 Å². The number of nitrogens with one attached hydrogen (secondary N) is 1. The third-order valence-electron chi connectivity index (χ3n) is 2.44. The van der Waals surface area contributed by atoms with Gasteiger partial charge in [0, 0.05) is 6.20 Å². The molecule has 1 N–H and O–H groups in total. The van der Waals surface area contributed by atoms with Crippen LogP contribution < -0.4 is 9.46 Å². The molecule has 8 heteroatoms. The van der Waals surface area contributed by atoms with Gasteiger partial charge in [0.2, 0.25) is 0 Å². The summed E-state index contributed by atoms with van der Waals surface area (Å²) in [6.45, 7) is 0. The molecule has 106 valence electrons. The quantitative estimate of drug-likeness (QED) is 0.830. The molecule has 5 nitrogen and oxygen atoms in total. The van der Waals surface area contributed by atoms with Crippen LogP contribution in [0.2, 0.25) is 5.15 Å². The molecule has 0 bridgehead atoms. The fourth-order valence-corrected chi connectivity index (χ4v) is 3.49. The highest BCUT2D eigenvalue weighted by Gasteiger charge is 2.17. The first kappa shape index (κ1) is 15.1. The maximum Gasteiger partial charge on any atom is 0.262 e. The van der Waals surface area contributed by atoms with E-state index in [1.54, 1.807) is 12.1 Å². The van der Waals surface area contributed by atoms with E-state index in [4.69, 9.17) is 16.3 Å². The molecular weight excluding hydrogens is 368 g/mol. The standard InChI is InChI=1S/C12H10BrClN2O3S/c1-19-11-5-4-8(7-9(11)13)20(17,18)16-10-3-2-6-15-12(10)14/h2-7,16H,1H3. The van der Waals surface area contributed by atoms with Crippen molar-refractivity contribution in [2.75, 3.05) is 11.8 Å². The zero-order valence-corrected chi connectivity index (χ0v) is 13.5. The fraction of sp³-hybridized carbons (Fsp3) is 0.0833. The first-order valence-electron chi connectivity index (χ1n) is 5.41. The highest BCUT2D eigenvalue weighted by molar-refractivity contribution is 9.10. The van der Waals surface area contributed by atoms with Crippen LogP contribution in [-0.4, -0.2) is 20.5 Å². The molecule has 1 aromatic carbocycles. The number of rotatable bonds is 4. The largest absolute Gasteiger partial charge is 0.496 e. The second-order valence-corrected chi connectivity index (χ2v) is 6.64. The zero-order chi connectivity index (χ0) is 14.8. The normalized spacial score (nSPS) is 11.2. The molecule has 0 saturated heterocycles. The Bertz CT molecular complexity index is 737. The van der Waals surface area contributed by atoms with Crippen molar-refractivity contribution < 1.29 is 13.2 Å². The molecule has 0 radical (unpaired) electrons. The van der Waals surface area contributed by atoms with Crippen molar-refractivity contribution in [3.05, 3.63) is 46.2 Å². The van der Waals surface area contributed by atoms with E-state index in [9.17, 15) is 8.42 Å². The van der Waals surface area contributed by atoms with Gasteiger partial charge in [0.05, 0.1) is 22.2 Å². The summed E-state index contributed by atoms with van der Waals surface area (Å²) in [6.07, 6.45) is 1.48. The lowest BCUT2D eigenvalue weighted by atomic mass is 10.3. The summed E-state index contributed by atoms with van der Waals surface area (Å²) in [4.78, 5) is 3.90. The van der Waals surface area contributed by atoms with Gasteiger partial charge in [-0.05, 0) is 46.3 Å². The van der Waals surface area contributed by atoms with E-state index in [-0.39, 0.29) is 15.7 Å². The summed E-state index contributed by atoms with van der Waals surface area (Å²) >= 11 is 9.07. The highest BCUT2D eigenvalue weighted by atomic mass is 79.9. The maximum atomic E-state index is 12.2. The van der Waals surface area contributed by atoms with Crippen molar-refractivity contribution in [1.82, 2.24) is 4.98 Å². The minimum atomic E-state index is -3.74. The van der Waals surface area contributed by atoms with Gasteiger partial charge < -0.3 is 4.74 Å². The van der Waals surface area contributed by atoms with E-state index in [2.05, 4.69) is 25.6 Å². The minimum Gasteiger partial charge on any atom is -0.496 e. The number of anilines is 1. The predicted octanol–water partition coefficient (Wildman–Crippen LogP) is 3.31. The van der Waals surface area contributed by atoms with Crippen LogP contribution in [0.15, 0.2) is 45.9 Å². The molecular formula is C12H10BrClN2O3S. The molecule has 2 rings (SSSR count). The van der Waals surface area contributed by atoms with E-state index >= 15 is 0 Å². The number of nitrogens with zero attached hydrogens (tertiary/aromatic N) is 1. The van der Waals surface area contributed by atoms with Gasteiger partial charge in [-0.2, -0.15) is 0 Å². The van der Waals surface area contributed by atoms with Crippen LogP contribution in [0.4, 0.5) is 5.69 Å². The Morgan fingerprint density at radius 1 is 1.35 bits per heavy atom. The SMILES string of the molecule is COc1ccc(S(=O)(=O)Nc2cccnc2Cl)cc1Br. The van der Waals surface area contributed by atoms with Gasteiger partial charge in [-0.15, -0.1) is 0 Å². The lowest BCUT2D eigenvalue weighted by Crippen LogP contribution is -2.13. The van der Waals surface area contributed by atoms with E-state index in [1.807, 2.05) is 0 Å². The average Bonchev–Trinajstić information content (AvgIpc) is 2.41. The van der Waals surface area contributed by atoms with Crippen LogP contribution in [0.5, 0.6) is 5.75 Å². The Morgan fingerprint density at radius 2 is 2.10 bits per heavy atom. The Balaban J connectivity index is 2.36. The number of hydrogen-bond acceptors (Lipinski definition) is 4. The average molecular weight is 378 g/mol. The van der Waals surface area contributed by atoms with Crippen molar-refractivity contribution in [3.8, 4) is 5.75 Å². The molecule has 0 aliphatic heterocycles. The van der Waals surface area contributed by atoms with Gasteiger partial charge in [0.15, 0.2) is 5.15 Å². The molecule has 0 unspecified atom stereocenters. The monoisotopic (exact) mass is 376 g/mol. The number of ether oxygens (including phenoxy) is 1. The number of halogens is 2. The van der Waals surface area contributed by atoms with Crippen LogP contribution in [0.25, 0.3) is 0 Å². The van der Waals surface area contributed by atoms with Gasteiger partial charge in [0.25, 0.3) is 10.0 Å².